The summed E-state index contributed by atoms with van der Waals surface area (Å²) < 4.78 is 0. The first-order valence-electron chi connectivity index (χ1n) is 9.32. The van der Waals surface area contributed by atoms with Crippen molar-refractivity contribution < 1.29 is 24.5 Å². The molecular weight excluding hydrogens is 444 g/mol. The number of nitro benzene ring substituents is 2. The van der Waals surface area contributed by atoms with Crippen LogP contribution in [-0.2, 0) is 9.59 Å². The molecule has 0 saturated heterocycles. The molecule has 1 N–H and O–H groups in total. The molecule has 0 atom stereocenters. The second-order valence-corrected chi connectivity index (χ2v) is 7.06. The minimum absolute atomic E-state index is 0.0235. The number of halogens is 1. The second-order valence-electron chi connectivity index (χ2n) is 6.64. The van der Waals surface area contributed by atoms with Crippen LogP contribution in [-0.4, -0.2) is 53.3 Å². The topological polar surface area (TPSA) is 147 Å². The molecule has 172 valence electrons. The van der Waals surface area contributed by atoms with Gasteiger partial charge in [-0.25, -0.2) is 0 Å². The van der Waals surface area contributed by atoms with Gasteiger partial charge < -0.3 is 14.9 Å². The Hall–Kier alpha value is -3.73. The number of nitro groups is 2. The zero-order valence-electron chi connectivity index (χ0n) is 17.5. The molecule has 2 aromatic carbocycles. The molecule has 2 aromatic rings. The summed E-state index contributed by atoms with van der Waals surface area (Å²) >= 11 is 5.22. The van der Waals surface area contributed by atoms with E-state index in [1.807, 2.05) is 4.90 Å². The molecule has 32 heavy (non-hydrogen) atoms. The molecule has 11 nitrogen and oxygen atoms in total. The third kappa shape index (κ3) is 9.39. The minimum Gasteiger partial charge on any atom is -0.481 e. The molecule has 0 aliphatic carbocycles. The molecule has 0 amide bonds. The number of carbonyl (C=O) groups is 2. The van der Waals surface area contributed by atoms with E-state index in [1.54, 1.807) is 43.3 Å². The lowest BCUT2D eigenvalue weighted by Gasteiger charge is -2.17. The maximum atomic E-state index is 10.6. The van der Waals surface area contributed by atoms with Gasteiger partial charge in [0.15, 0.2) is 0 Å². The molecule has 0 radical (unpaired) electrons. The number of hydrogen-bond donors (Lipinski definition) is 1. The van der Waals surface area contributed by atoms with E-state index >= 15 is 0 Å². The number of hydrogen-bond acceptors (Lipinski definition) is 8. The van der Waals surface area contributed by atoms with Crippen molar-refractivity contribution in [2.75, 3.05) is 37.0 Å². The summed E-state index contributed by atoms with van der Waals surface area (Å²) in [6.45, 7) is 0.854. The van der Waals surface area contributed by atoms with E-state index in [2.05, 4.69) is 0 Å². The van der Waals surface area contributed by atoms with Gasteiger partial charge in [0, 0.05) is 69.2 Å². The van der Waals surface area contributed by atoms with Crippen molar-refractivity contribution in [3.63, 3.8) is 0 Å². The summed E-state index contributed by atoms with van der Waals surface area (Å²) in [5.74, 6) is -0.867. The average molecular weight is 467 g/mol. The van der Waals surface area contributed by atoms with Crippen molar-refractivity contribution in [1.29, 1.82) is 0 Å². The Balaban J connectivity index is 0.000000320. The van der Waals surface area contributed by atoms with Crippen molar-refractivity contribution in [2.24, 2.45) is 0 Å². The Kier molecular flexibility index (Phi) is 10.6. The Morgan fingerprint density at radius 3 is 1.44 bits per heavy atom. The maximum Gasteiger partial charge on any atom is 0.305 e. The standard InChI is InChI=1S/C10H11ClN2O3.C10H12N2O4/c1-12(7-6-10(11)14)8-2-4-9(5-3-8)13(15)16;1-11(7-6-10(13)14)8-2-4-9(5-3-8)12(15)16/h2-5H,6-7H2,1H3;2-5H,6-7H2,1H3,(H,13,14). The van der Waals surface area contributed by atoms with Crippen molar-refractivity contribution in [1.82, 2.24) is 0 Å². The fourth-order valence-corrected chi connectivity index (χ4v) is 2.52. The molecule has 0 spiro atoms. The zero-order chi connectivity index (χ0) is 24.3. The second kappa shape index (κ2) is 12.8. The van der Waals surface area contributed by atoms with Crippen LogP contribution < -0.4 is 9.80 Å². The third-order valence-electron chi connectivity index (χ3n) is 4.31. The van der Waals surface area contributed by atoms with E-state index in [9.17, 15) is 29.8 Å². The molecule has 0 aliphatic rings. The van der Waals surface area contributed by atoms with Gasteiger partial charge >= 0.3 is 5.97 Å². The highest BCUT2D eigenvalue weighted by Crippen LogP contribution is 2.19. The lowest BCUT2D eigenvalue weighted by Crippen LogP contribution is -2.20. The largest absolute Gasteiger partial charge is 0.481 e. The Bertz CT molecular complexity index is 858. The van der Waals surface area contributed by atoms with Crippen LogP contribution in [0.3, 0.4) is 0 Å². The Labute approximate surface area is 189 Å². The van der Waals surface area contributed by atoms with Gasteiger partial charge in [-0.15, -0.1) is 0 Å². The van der Waals surface area contributed by atoms with Gasteiger partial charge in [-0.05, 0) is 35.9 Å². The number of carboxylic acid groups (broad SMARTS) is 1. The quantitative estimate of drug-likeness (QED) is 0.314. The van der Waals surface area contributed by atoms with Gasteiger partial charge in [0.1, 0.15) is 0 Å². The van der Waals surface area contributed by atoms with Crippen LogP contribution in [0.4, 0.5) is 22.7 Å². The number of benzene rings is 2. The van der Waals surface area contributed by atoms with Crippen molar-refractivity contribution >= 4 is 45.6 Å². The molecule has 0 unspecified atom stereocenters. The lowest BCUT2D eigenvalue weighted by atomic mass is 10.2. The summed E-state index contributed by atoms with van der Waals surface area (Å²) in [5.41, 5.74) is 1.64. The number of nitrogens with zero attached hydrogens (tertiary/aromatic N) is 4. The van der Waals surface area contributed by atoms with Gasteiger partial charge in [-0.2, -0.15) is 0 Å². The Morgan fingerprint density at radius 1 is 0.812 bits per heavy atom. The highest BCUT2D eigenvalue weighted by atomic mass is 35.5. The van der Waals surface area contributed by atoms with Crippen molar-refractivity contribution in [2.45, 2.75) is 12.8 Å². The first-order chi connectivity index (χ1) is 15.0. The van der Waals surface area contributed by atoms with E-state index in [-0.39, 0.29) is 24.2 Å². The van der Waals surface area contributed by atoms with E-state index in [0.717, 1.165) is 11.4 Å². The van der Waals surface area contributed by atoms with Crippen LogP contribution in [0.2, 0.25) is 0 Å². The monoisotopic (exact) mass is 466 g/mol. The van der Waals surface area contributed by atoms with Gasteiger partial charge in [0.2, 0.25) is 5.24 Å². The third-order valence-corrected chi connectivity index (χ3v) is 4.50. The van der Waals surface area contributed by atoms with Crippen LogP contribution in [0.5, 0.6) is 0 Å². The molecule has 0 saturated carbocycles. The summed E-state index contributed by atoms with van der Waals surface area (Å²) in [5, 5.41) is 29.0. The lowest BCUT2D eigenvalue weighted by molar-refractivity contribution is -0.385. The summed E-state index contributed by atoms with van der Waals surface area (Å²) in [4.78, 5) is 44.4. The summed E-state index contributed by atoms with van der Waals surface area (Å²) in [6, 6.07) is 12.1. The summed E-state index contributed by atoms with van der Waals surface area (Å²) in [7, 11) is 3.53. The highest BCUT2D eigenvalue weighted by molar-refractivity contribution is 6.63. The van der Waals surface area contributed by atoms with Crippen LogP contribution in [0.15, 0.2) is 48.5 Å². The van der Waals surface area contributed by atoms with Crippen LogP contribution in [0, 0.1) is 20.2 Å². The number of carbonyl (C=O) groups excluding carboxylic acids is 1. The van der Waals surface area contributed by atoms with Gasteiger partial charge in [-0.3, -0.25) is 29.8 Å². The molecule has 0 fully saturated rings. The molecule has 0 bridgehead atoms. The predicted octanol–water partition coefficient (Wildman–Crippen LogP) is 3.69. The number of rotatable bonds is 10. The fourth-order valence-electron chi connectivity index (χ4n) is 2.43. The molecule has 12 heteroatoms. The molecule has 0 aliphatic heterocycles. The maximum absolute atomic E-state index is 10.6. The number of non-ortho nitro benzene ring substituents is 2. The Morgan fingerprint density at radius 2 is 1.16 bits per heavy atom. The first-order valence-corrected chi connectivity index (χ1v) is 9.70. The number of anilines is 2. The van der Waals surface area contributed by atoms with E-state index in [0.29, 0.717) is 13.1 Å². The SMILES string of the molecule is CN(CCC(=O)Cl)c1ccc([N+](=O)[O-])cc1.CN(CCC(=O)O)c1ccc([N+](=O)[O-])cc1. The fraction of sp³-hybridized carbons (Fsp3) is 0.300. The van der Waals surface area contributed by atoms with E-state index in [1.165, 1.54) is 24.3 Å². The zero-order valence-corrected chi connectivity index (χ0v) is 18.3. The van der Waals surface area contributed by atoms with Gasteiger partial charge in [0.25, 0.3) is 11.4 Å². The number of carboxylic acids is 1. The highest BCUT2D eigenvalue weighted by Gasteiger charge is 2.08. The molecule has 2 rings (SSSR count). The summed E-state index contributed by atoms with van der Waals surface area (Å²) in [6.07, 6.45) is 0.280. The van der Waals surface area contributed by atoms with Crippen molar-refractivity contribution in [3.8, 4) is 0 Å². The molecule has 0 aromatic heterocycles. The van der Waals surface area contributed by atoms with E-state index < -0.39 is 21.1 Å². The average Bonchev–Trinajstić information content (AvgIpc) is 2.76. The molecule has 0 heterocycles. The minimum atomic E-state index is -0.867. The van der Waals surface area contributed by atoms with E-state index in [4.69, 9.17) is 16.7 Å². The van der Waals surface area contributed by atoms with Crippen molar-refractivity contribution in [3.05, 3.63) is 68.8 Å². The first kappa shape index (κ1) is 26.3. The van der Waals surface area contributed by atoms with Crippen LogP contribution >= 0.6 is 11.6 Å². The molecular formula is C20H23ClN4O7. The smallest absolute Gasteiger partial charge is 0.305 e. The van der Waals surface area contributed by atoms with Gasteiger partial charge in [-0.1, -0.05) is 0 Å². The van der Waals surface area contributed by atoms with Crippen LogP contribution in [0.25, 0.3) is 0 Å². The number of aliphatic carboxylic acids is 1. The predicted molar refractivity (Wildman–Crippen MR) is 120 cm³/mol. The van der Waals surface area contributed by atoms with Crippen LogP contribution in [0.1, 0.15) is 12.8 Å². The van der Waals surface area contributed by atoms with Gasteiger partial charge in [0.05, 0.1) is 16.3 Å². The normalized spacial score (nSPS) is 9.84.